The van der Waals surface area contributed by atoms with Crippen molar-refractivity contribution >= 4 is 5.69 Å². The molecule has 1 N–H and O–H groups in total. The van der Waals surface area contributed by atoms with Crippen molar-refractivity contribution in [2.75, 3.05) is 31.3 Å². The Morgan fingerprint density at radius 3 is 2.95 bits per heavy atom. The third-order valence-corrected chi connectivity index (χ3v) is 3.90. The Labute approximate surface area is 114 Å². The average Bonchev–Trinajstić information content (AvgIpc) is 2.86. The monoisotopic (exact) mass is 262 g/mol. The zero-order valence-corrected chi connectivity index (χ0v) is 11.7. The van der Waals surface area contributed by atoms with E-state index in [4.69, 9.17) is 9.47 Å². The van der Waals surface area contributed by atoms with Crippen molar-refractivity contribution in [3.05, 3.63) is 18.2 Å². The molecule has 0 radical (unpaired) electrons. The van der Waals surface area contributed by atoms with Crippen LogP contribution < -0.4 is 19.7 Å². The number of rotatable bonds is 1. The molecular weight excluding hydrogens is 240 g/mol. The summed E-state index contributed by atoms with van der Waals surface area (Å²) in [7, 11) is 0. The van der Waals surface area contributed by atoms with Crippen LogP contribution >= 0.6 is 0 Å². The Hall–Kier alpha value is -1.42. The Morgan fingerprint density at radius 2 is 2.05 bits per heavy atom. The molecule has 1 saturated heterocycles. The summed E-state index contributed by atoms with van der Waals surface area (Å²) in [5.74, 6) is 2.38. The summed E-state index contributed by atoms with van der Waals surface area (Å²) >= 11 is 0. The topological polar surface area (TPSA) is 33.7 Å². The molecule has 0 aliphatic carbocycles. The van der Waals surface area contributed by atoms with Gasteiger partial charge >= 0.3 is 0 Å². The molecule has 1 aromatic carbocycles. The second kappa shape index (κ2) is 5.29. The first kappa shape index (κ1) is 12.6. The quantitative estimate of drug-likeness (QED) is 0.841. The molecule has 2 aliphatic rings. The molecule has 0 amide bonds. The molecule has 0 bridgehead atoms. The van der Waals surface area contributed by atoms with Gasteiger partial charge in [-0.1, -0.05) is 6.92 Å². The number of benzene rings is 1. The lowest BCUT2D eigenvalue weighted by atomic mass is 10.1. The largest absolute Gasteiger partial charge is 0.454 e. The number of nitrogens with zero attached hydrogens (tertiary/aromatic N) is 1. The Balaban J connectivity index is 1.79. The number of ether oxygens (including phenoxy) is 2. The van der Waals surface area contributed by atoms with E-state index in [9.17, 15) is 0 Å². The number of nitrogens with one attached hydrogen (secondary N) is 1. The van der Waals surface area contributed by atoms with Gasteiger partial charge in [0.15, 0.2) is 11.5 Å². The van der Waals surface area contributed by atoms with Crippen molar-refractivity contribution < 1.29 is 9.47 Å². The molecule has 1 fully saturated rings. The zero-order chi connectivity index (χ0) is 13.2. The van der Waals surface area contributed by atoms with Crippen LogP contribution in [0.2, 0.25) is 0 Å². The van der Waals surface area contributed by atoms with Gasteiger partial charge in [0.1, 0.15) is 0 Å². The molecule has 19 heavy (non-hydrogen) atoms. The van der Waals surface area contributed by atoms with E-state index in [0.717, 1.165) is 31.1 Å². The maximum Gasteiger partial charge on any atom is 0.231 e. The fourth-order valence-corrected chi connectivity index (χ4v) is 2.70. The lowest BCUT2D eigenvalue weighted by molar-refractivity contribution is 0.174. The van der Waals surface area contributed by atoms with Gasteiger partial charge in [-0.3, -0.25) is 0 Å². The molecule has 4 heteroatoms. The highest BCUT2D eigenvalue weighted by molar-refractivity contribution is 5.57. The smallest absolute Gasteiger partial charge is 0.231 e. The molecule has 1 aromatic rings. The van der Waals surface area contributed by atoms with Crippen molar-refractivity contribution in [1.82, 2.24) is 5.32 Å². The molecule has 3 rings (SSSR count). The van der Waals surface area contributed by atoms with Crippen LogP contribution in [-0.4, -0.2) is 32.5 Å². The Kier molecular flexibility index (Phi) is 3.51. The first-order valence-corrected chi connectivity index (χ1v) is 7.10. The molecule has 2 unspecified atom stereocenters. The van der Waals surface area contributed by atoms with Crippen LogP contribution in [0.25, 0.3) is 0 Å². The van der Waals surface area contributed by atoms with Gasteiger partial charge in [-0.25, -0.2) is 0 Å². The molecule has 2 atom stereocenters. The highest BCUT2D eigenvalue weighted by Crippen LogP contribution is 2.35. The number of hydrogen-bond donors (Lipinski definition) is 1. The average molecular weight is 262 g/mol. The van der Waals surface area contributed by atoms with Crippen LogP contribution in [0.3, 0.4) is 0 Å². The van der Waals surface area contributed by atoms with E-state index in [1.165, 1.54) is 12.1 Å². The van der Waals surface area contributed by atoms with Gasteiger partial charge in [-0.05, 0) is 37.9 Å². The SMILES string of the molecule is CC1CNC(C)CCN(c2ccc3c(c2)OCO3)C1. The minimum Gasteiger partial charge on any atom is -0.454 e. The van der Waals surface area contributed by atoms with E-state index < -0.39 is 0 Å². The van der Waals surface area contributed by atoms with Crippen LogP contribution in [0.4, 0.5) is 5.69 Å². The summed E-state index contributed by atoms with van der Waals surface area (Å²) in [4.78, 5) is 2.46. The van der Waals surface area contributed by atoms with Crippen LogP contribution in [0.1, 0.15) is 20.3 Å². The standard InChI is InChI=1S/C15H22N2O2/c1-11-8-16-12(2)5-6-17(9-11)13-3-4-14-15(7-13)19-10-18-14/h3-4,7,11-12,16H,5-6,8-10H2,1-2H3. The van der Waals surface area contributed by atoms with E-state index in [0.29, 0.717) is 18.8 Å². The van der Waals surface area contributed by atoms with Gasteiger partial charge in [0.05, 0.1) is 0 Å². The van der Waals surface area contributed by atoms with E-state index in [-0.39, 0.29) is 0 Å². The molecule has 2 aliphatic heterocycles. The molecule has 0 aromatic heterocycles. The highest BCUT2D eigenvalue weighted by atomic mass is 16.7. The first-order chi connectivity index (χ1) is 9.22. The van der Waals surface area contributed by atoms with Crippen molar-refractivity contribution in [1.29, 1.82) is 0 Å². The van der Waals surface area contributed by atoms with Gasteiger partial charge in [-0.2, -0.15) is 0 Å². The molecule has 4 nitrogen and oxygen atoms in total. The second-order valence-corrected chi connectivity index (χ2v) is 5.69. The second-order valence-electron chi connectivity index (χ2n) is 5.69. The van der Waals surface area contributed by atoms with Gasteiger partial charge < -0.3 is 19.7 Å². The maximum absolute atomic E-state index is 5.47. The maximum atomic E-state index is 5.47. The third kappa shape index (κ3) is 2.78. The van der Waals surface area contributed by atoms with E-state index in [2.05, 4.69) is 36.2 Å². The summed E-state index contributed by atoms with van der Waals surface area (Å²) in [6.07, 6.45) is 1.17. The summed E-state index contributed by atoms with van der Waals surface area (Å²) < 4.78 is 10.8. The minimum absolute atomic E-state index is 0.343. The van der Waals surface area contributed by atoms with Crippen molar-refractivity contribution in [3.8, 4) is 11.5 Å². The molecular formula is C15H22N2O2. The molecule has 104 valence electrons. The fourth-order valence-electron chi connectivity index (χ4n) is 2.70. The van der Waals surface area contributed by atoms with E-state index in [1.54, 1.807) is 0 Å². The first-order valence-electron chi connectivity index (χ1n) is 7.10. The van der Waals surface area contributed by atoms with Gasteiger partial charge in [0.2, 0.25) is 6.79 Å². The lowest BCUT2D eigenvalue weighted by Gasteiger charge is -2.32. The summed E-state index contributed by atoms with van der Waals surface area (Å²) in [5.41, 5.74) is 1.24. The summed E-state index contributed by atoms with van der Waals surface area (Å²) in [5, 5.41) is 3.58. The molecule has 0 spiro atoms. The summed E-state index contributed by atoms with van der Waals surface area (Å²) in [6, 6.07) is 6.84. The minimum atomic E-state index is 0.343. The zero-order valence-electron chi connectivity index (χ0n) is 11.7. The Morgan fingerprint density at radius 1 is 1.21 bits per heavy atom. The van der Waals surface area contributed by atoms with Crippen LogP contribution in [-0.2, 0) is 0 Å². The third-order valence-electron chi connectivity index (χ3n) is 3.90. The van der Waals surface area contributed by atoms with Crippen LogP contribution in [0.5, 0.6) is 11.5 Å². The fraction of sp³-hybridized carbons (Fsp3) is 0.600. The van der Waals surface area contributed by atoms with E-state index >= 15 is 0 Å². The predicted molar refractivity (Wildman–Crippen MR) is 76.0 cm³/mol. The Bertz CT molecular complexity index is 450. The molecule has 0 saturated carbocycles. The lowest BCUT2D eigenvalue weighted by Crippen LogP contribution is -2.42. The number of anilines is 1. The van der Waals surface area contributed by atoms with Gasteiger partial charge in [0, 0.05) is 30.9 Å². The number of fused-ring (bicyclic) bond motifs is 1. The van der Waals surface area contributed by atoms with E-state index in [1.807, 2.05) is 6.07 Å². The highest BCUT2D eigenvalue weighted by Gasteiger charge is 2.19. The van der Waals surface area contributed by atoms with Crippen LogP contribution in [0.15, 0.2) is 18.2 Å². The predicted octanol–water partition coefficient (Wildman–Crippen LogP) is 2.24. The van der Waals surface area contributed by atoms with Crippen LogP contribution in [0, 0.1) is 5.92 Å². The van der Waals surface area contributed by atoms with Crippen molar-refractivity contribution in [3.63, 3.8) is 0 Å². The van der Waals surface area contributed by atoms with Gasteiger partial charge in [-0.15, -0.1) is 0 Å². The summed E-state index contributed by atoms with van der Waals surface area (Å²) in [6.45, 7) is 8.15. The van der Waals surface area contributed by atoms with Crippen molar-refractivity contribution in [2.45, 2.75) is 26.3 Å². The molecule has 2 heterocycles. The van der Waals surface area contributed by atoms with Gasteiger partial charge in [0.25, 0.3) is 0 Å². The number of hydrogen-bond acceptors (Lipinski definition) is 4. The normalized spacial score (nSPS) is 26.9. The van der Waals surface area contributed by atoms with Crippen molar-refractivity contribution in [2.24, 2.45) is 5.92 Å².